The summed E-state index contributed by atoms with van der Waals surface area (Å²) in [7, 11) is 0. The first-order valence-electron chi connectivity index (χ1n) is 10.0. The highest BCUT2D eigenvalue weighted by atomic mass is 16.2. The minimum Gasteiger partial charge on any atom is -0.353 e. The van der Waals surface area contributed by atoms with Crippen LogP contribution in [0.3, 0.4) is 0 Å². The summed E-state index contributed by atoms with van der Waals surface area (Å²) in [5.74, 6) is -0.0141. The Balaban J connectivity index is 1.45. The number of hydrogen-bond acceptors (Lipinski definition) is 4. The Morgan fingerprint density at radius 3 is 2.86 bits per heavy atom. The van der Waals surface area contributed by atoms with E-state index in [1.54, 1.807) is 0 Å². The van der Waals surface area contributed by atoms with Crippen LogP contribution in [-0.2, 0) is 35.5 Å². The maximum Gasteiger partial charge on any atom is 0.237 e. The van der Waals surface area contributed by atoms with Crippen molar-refractivity contribution in [1.82, 2.24) is 25.3 Å². The monoisotopic (exact) mass is 381 g/mol. The highest BCUT2D eigenvalue weighted by Crippen LogP contribution is 2.22. The van der Waals surface area contributed by atoms with E-state index in [0.717, 1.165) is 41.9 Å². The molecule has 2 N–H and O–H groups in total. The highest BCUT2D eigenvalue weighted by molar-refractivity contribution is 5.89. The summed E-state index contributed by atoms with van der Waals surface area (Å²) in [4.78, 5) is 29.6. The van der Waals surface area contributed by atoms with Crippen molar-refractivity contribution in [3.05, 3.63) is 52.8 Å². The number of aromatic nitrogens is 2. The van der Waals surface area contributed by atoms with Crippen LogP contribution in [0.4, 0.5) is 0 Å². The third-order valence-electron chi connectivity index (χ3n) is 5.74. The molecular weight excluding hydrogens is 354 g/mol. The fraction of sp³-hybridized carbons (Fsp3) is 0.476. The predicted octanol–water partition coefficient (Wildman–Crippen LogP) is 1.25. The summed E-state index contributed by atoms with van der Waals surface area (Å²) in [6.45, 7) is 5.39. The second-order valence-electron chi connectivity index (χ2n) is 7.51. The molecule has 0 aliphatic carbocycles. The molecule has 0 bridgehead atoms. The Kier molecular flexibility index (Phi) is 5.43. The fourth-order valence-electron chi connectivity index (χ4n) is 4.15. The van der Waals surface area contributed by atoms with Gasteiger partial charge in [-0.2, -0.15) is 5.10 Å². The molecule has 2 aliphatic rings. The van der Waals surface area contributed by atoms with Gasteiger partial charge in [0, 0.05) is 50.4 Å². The lowest BCUT2D eigenvalue weighted by molar-refractivity contribution is -0.139. The van der Waals surface area contributed by atoms with E-state index in [0.29, 0.717) is 26.2 Å². The minimum atomic E-state index is -0.419. The maximum atomic E-state index is 13.0. The molecule has 2 aliphatic heterocycles. The summed E-state index contributed by atoms with van der Waals surface area (Å²) >= 11 is 0. The molecule has 28 heavy (non-hydrogen) atoms. The smallest absolute Gasteiger partial charge is 0.237 e. The van der Waals surface area contributed by atoms with E-state index in [1.807, 2.05) is 23.1 Å². The van der Waals surface area contributed by atoms with Gasteiger partial charge in [0.1, 0.15) is 0 Å². The molecule has 1 aromatic heterocycles. The molecule has 1 saturated heterocycles. The molecule has 0 spiro atoms. The molecule has 1 aromatic carbocycles. The Hall–Kier alpha value is -2.67. The van der Waals surface area contributed by atoms with Crippen molar-refractivity contribution in [1.29, 1.82) is 0 Å². The zero-order chi connectivity index (χ0) is 19.5. The molecule has 1 atom stereocenters. The average Bonchev–Trinajstić information content (AvgIpc) is 3.13. The number of carbonyl (C=O) groups excluding carboxylic acids is 2. The van der Waals surface area contributed by atoms with Gasteiger partial charge in [0.15, 0.2) is 0 Å². The lowest BCUT2D eigenvalue weighted by atomic mass is 10.0. The van der Waals surface area contributed by atoms with Crippen LogP contribution >= 0.6 is 0 Å². The molecule has 0 saturated carbocycles. The number of aryl methyl sites for hydroxylation is 1. The van der Waals surface area contributed by atoms with Crippen LogP contribution in [-0.4, -0.2) is 57.5 Å². The predicted molar refractivity (Wildman–Crippen MR) is 105 cm³/mol. The Labute approximate surface area is 165 Å². The Bertz CT molecular complexity index is 834. The standard InChI is InChI=1S/C21H27N5O2/c1-2-17-16-14-26(10-8-18(16)24-23-17)20(27)12-19-21(28)22-9-11-25(19)13-15-6-4-3-5-7-15/h3-7,19H,2,8-14H2,1H3,(H,22,28)(H,23,24)/t19-/m1/s1. The summed E-state index contributed by atoms with van der Waals surface area (Å²) in [5.41, 5.74) is 4.48. The van der Waals surface area contributed by atoms with Gasteiger partial charge in [-0.25, -0.2) is 0 Å². The van der Waals surface area contributed by atoms with Crippen molar-refractivity contribution < 1.29 is 9.59 Å². The number of H-pyrrole nitrogens is 1. The molecular formula is C21H27N5O2. The molecule has 7 heteroatoms. The zero-order valence-electron chi connectivity index (χ0n) is 16.3. The van der Waals surface area contributed by atoms with Gasteiger partial charge in [0.2, 0.25) is 11.8 Å². The van der Waals surface area contributed by atoms with Gasteiger partial charge in [-0.1, -0.05) is 37.3 Å². The van der Waals surface area contributed by atoms with Gasteiger partial charge in [0.25, 0.3) is 0 Å². The Morgan fingerprint density at radius 1 is 1.25 bits per heavy atom. The molecule has 7 nitrogen and oxygen atoms in total. The third kappa shape index (κ3) is 3.80. The van der Waals surface area contributed by atoms with Gasteiger partial charge in [-0.3, -0.25) is 19.6 Å². The summed E-state index contributed by atoms with van der Waals surface area (Å²) in [6.07, 6.45) is 1.86. The molecule has 1 fully saturated rings. The number of nitrogens with zero attached hydrogens (tertiary/aromatic N) is 3. The SMILES string of the molecule is CCc1n[nH]c2c1CN(C(=O)C[C@@H]1C(=O)NCCN1Cc1ccccc1)CC2. The normalized spacial score (nSPS) is 20.0. The van der Waals surface area contributed by atoms with Crippen LogP contribution in [0.25, 0.3) is 0 Å². The number of fused-ring (bicyclic) bond motifs is 1. The van der Waals surface area contributed by atoms with Gasteiger partial charge in [0.05, 0.1) is 18.2 Å². The molecule has 2 aromatic rings. The maximum absolute atomic E-state index is 13.0. The van der Waals surface area contributed by atoms with Crippen molar-refractivity contribution >= 4 is 11.8 Å². The molecule has 148 valence electrons. The number of carbonyl (C=O) groups is 2. The van der Waals surface area contributed by atoms with Crippen molar-refractivity contribution in [3.8, 4) is 0 Å². The molecule has 0 unspecified atom stereocenters. The zero-order valence-corrected chi connectivity index (χ0v) is 16.3. The van der Waals surface area contributed by atoms with Crippen LogP contribution < -0.4 is 5.32 Å². The van der Waals surface area contributed by atoms with Crippen molar-refractivity contribution in [3.63, 3.8) is 0 Å². The second-order valence-corrected chi connectivity index (χ2v) is 7.51. The van der Waals surface area contributed by atoms with Crippen molar-refractivity contribution in [2.24, 2.45) is 0 Å². The molecule has 4 rings (SSSR count). The minimum absolute atomic E-state index is 0.0361. The topological polar surface area (TPSA) is 81.3 Å². The van der Waals surface area contributed by atoms with E-state index in [-0.39, 0.29) is 18.2 Å². The van der Waals surface area contributed by atoms with E-state index < -0.39 is 6.04 Å². The fourth-order valence-corrected chi connectivity index (χ4v) is 4.15. The van der Waals surface area contributed by atoms with Gasteiger partial charge < -0.3 is 10.2 Å². The summed E-state index contributed by atoms with van der Waals surface area (Å²) in [5, 5.41) is 10.4. The quantitative estimate of drug-likeness (QED) is 0.817. The average molecular weight is 381 g/mol. The summed E-state index contributed by atoms with van der Waals surface area (Å²) < 4.78 is 0. The van der Waals surface area contributed by atoms with Gasteiger partial charge in [-0.15, -0.1) is 0 Å². The van der Waals surface area contributed by atoms with Crippen molar-refractivity contribution in [2.45, 2.75) is 45.3 Å². The number of aromatic amines is 1. The first kappa shape index (κ1) is 18.7. The van der Waals surface area contributed by atoms with Crippen molar-refractivity contribution in [2.75, 3.05) is 19.6 Å². The van der Waals surface area contributed by atoms with Gasteiger partial charge >= 0.3 is 0 Å². The number of benzene rings is 1. The van der Waals surface area contributed by atoms with E-state index in [9.17, 15) is 9.59 Å². The molecule has 3 heterocycles. The number of piperazine rings is 1. The van der Waals surface area contributed by atoms with E-state index in [2.05, 4.69) is 39.5 Å². The van der Waals surface area contributed by atoms with E-state index >= 15 is 0 Å². The lowest BCUT2D eigenvalue weighted by Gasteiger charge is -2.36. The number of hydrogen-bond donors (Lipinski definition) is 2. The van der Waals surface area contributed by atoms with E-state index in [4.69, 9.17) is 0 Å². The molecule has 2 amide bonds. The largest absolute Gasteiger partial charge is 0.353 e. The number of amides is 2. The highest BCUT2D eigenvalue weighted by Gasteiger charge is 2.34. The van der Waals surface area contributed by atoms with Crippen LogP contribution in [0, 0.1) is 0 Å². The Morgan fingerprint density at radius 2 is 2.07 bits per heavy atom. The number of rotatable bonds is 5. The number of nitrogens with one attached hydrogen (secondary N) is 2. The van der Waals surface area contributed by atoms with Crippen LogP contribution in [0.15, 0.2) is 30.3 Å². The first-order chi connectivity index (χ1) is 13.7. The van der Waals surface area contributed by atoms with Gasteiger partial charge in [-0.05, 0) is 12.0 Å². The lowest BCUT2D eigenvalue weighted by Crippen LogP contribution is -2.56. The first-order valence-corrected chi connectivity index (χ1v) is 10.0. The second kappa shape index (κ2) is 8.14. The van der Waals surface area contributed by atoms with Crippen LogP contribution in [0.2, 0.25) is 0 Å². The third-order valence-corrected chi connectivity index (χ3v) is 5.74. The summed E-state index contributed by atoms with van der Waals surface area (Å²) in [6, 6.07) is 9.68. The van der Waals surface area contributed by atoms with E-state index in [1.165, 1.54) is 0 Å². The van der Waals surface area contributed by atoms with Crippen LogP contribution in [0.5, 0.6) is 0 Å². The molecule has 0 radical (unpaired) electrons. The van der Waals surface area contributed by atoms with Crippen LogP contribution in [0.1, 0.15) is 35.9 Å².